The minimum atomic E-state index is -0.902. The van der Waals surface area contributed by atoms with Gasteiger partial charge in [0.1, 0.15) is 6.04 Å². The molecule has 5 nitrogen and oxygen atoms in total. The lowest BCUT2D eigenvalue weighted by Gasteiger charge is -2.37. The molecule has 2 amide bonds. The van der Waals surface area contributed by atoms with Crippen molar-refractivity contribution in [2.45, 2.75) is 46.1 Å². The Morgan fingerprint density at radius 2 is 2.17 bits per heavy atom. The van der Waals surface area contributed by atoms with Crippen molar-refractivity contribution in [2.75, 3.05) is 13.1 Å². The molecule has 2 N–H and O–H groups in total. The molecule has 5 heteroatoms. The summed E-state index contributed by atoms with van der Waals surface area (Å²) in [4.78, 5) is 24.8. The molecule has 1 fully saturated rings. The molecule has 3 atom stereocenters. The average molecular weight is 256 g/mol. The lowest BCUT2D eigenvalue weighted by atomic mass is 9.91. The number of piperidine rings is 1. The number of hydrogen-bond donors (Lipinski definition) is 2. The Kier molecular flexibility index (Phi) is 5.44. The molecule has 18 heavy (non-hydrogen) atoms. The van der Waals surface area contributed by atoms with E-state index < -0.39 is 12.0 Å². The number of nitrogens with one attached hydrogen (secondary N) is 1. The number of urea groups is 1. The number of carboxylic acids is 1. The molecule has 0 aliphatic carbocycles. The minimum Gasteiger partial charge on any atom is -0.480 e. The first-order chi connectivity index (χ1) is 8.47. The zero-order valence-corrected chi connectivity index (χ0v) is 11.5. The van der Waals surface area contributed by atoms with Crippen molar-refractivity contribution < 1.29 is 14.7 Å². The minimum absolute atomic E-state index is 0.0191. The van der Waals surface area contributed by atoms with Crippen LogP contribution < -0.4 is 5.32 Å². The van der Waals surface area contributed by atoms with Gasteiger partial charge >= 0.3 is 12.0 Å². The highest BCUT2D eigenvalue weighted by molar-refractivity contribution is 5.83. The summed E-state index contributed by atoms with van der Waals surface area (Å²) in [6.07, 6.45) is 2.74. The van der Waals surface area contributed by atoms with Crippen LogP contribution >= 0.6 is 0 Å². The quantitative estimate of drug-likeness (QED) is 0.807. The second-order valence-corrected chi connectivity index (χ2v) is 5.30. The molecular weight excluding hydrogens is 232 g/mol. The van der Waals surface area contributed by atoms with Crippen LogP contribution in [-0.2, 0) is 4.79 Å². The van der Waals surface area contributed by atoms with Gasteiger partial charge in [0.2, 0.25) is 0 Å². The first kappa shape index (κ1) is 14.8. The normalized spacial score (nSPS) is 25.6. The van der Waals surface area contributed by atoms with Crippen molar-refractivity contribution >= 4 is 12.0 Å². The number of likely N-dealkylation sites (tertiary alicyclic amines) is 1. The van der Waals surface area contributed by atoms with Gasteiger partial charge in [-0.1, -0.05) is 27.2 Å². The Labute approximate surface area is 109 Å². The number of carboxylic acid groups (broad SMARTS) is 1. The van der Waals surface area contributed by atoms with Crippen LogP contribution in [0.5, 0.6) is 0 Å². The molecular formula is C13H24N2O3. The van der Waals surface area contributed by atoms with E-state index in [1.807, 2.05) is 6.92 Å². The molecule has 0 bridgehead atoms. The van der Waals surface area contributed by atoms with Gasteiger partial charge in [-0.2, -0.15) is 0 Å². The van der Waals surface area contributed by atoms with Gasteiger partial charge in [-0.25, -0.2) is 9.59 Å². The number of carbonyl (C=O) groups excluding carboxylic acids is 1. The van der Waals surface area contributed by atoms with Crippen molar-refractivity contribution in [2.24, 2.45) is 11.8 Å². The summed E-state index contributed by atoms with van der Waals surface area (Å²) < 4.78 is 0. The van der Waals surface area contributed by atoms with Crippen LogP contribution in [0.15, 0.2) is 0 Å². The molecule has 0 saturated carbocycles. The van der Waals surface area contributed by atoms with Crippen molar-refractivity contribution in [1.29, 1.82) is 0 Å². The molecule has 0 aromatic rings. The lowest BCUT2D eigenvalue weighted by molar-refractivity contribution is -0.145. The van der Waals surface area contributed by atoms with Crippen molar-refractivity contribution in [3.63, 3.8) is 0 Å². The monoisotopic (exact) mass is 256 g/mol. The molecule has 1 saturated heterocycles. The van der Waals surface area contributed by atoms with E-state index in [-0.39, 0.29) is 11.9 Å². The van der Waals surface area contributed by atoms with Crippen LogP contribution in [0.1, 0.15) is 40.0 Å². The summed E-state index contributed by atoms with van der Waals surface area (Å²) in [5.74, 6) is -0.467. The fourth-order valence-corrected chi connectivity index (χ4v) is 2.30. The van der Waals surface area contributed by atoms with Crippen molar-refractivity contribution in [3.8, 4) is 0 Å². The van der Waals surface area contributed by atoms with Gasteiger partial charge < -0.3 is 15.3 Å². The van der Waals surface area contributed by atoms with Crippen LogP contribution in [0.25, 0.3) is 0 Å². The molecule has 3 unspecified atom stereocenters. The Balaban J connectivity index is 2.61. The SMILES string of the molecule is CCC(C)CNC(=O)N1CCCC(C)C1C(=O)O. The molecule has 0 aromatic carbocycles. The fraction of sp³-hybridized carbons (Fsp3) is 0.846. The molecule has 1 heterocycles. The lowest BCUT2D eigenvalue weighted by Crippen LogP contribution is -2.55. The summed E-state index contributed by atoms with van der Waals surface area (Å²) >= 11 is 0. The zero-order chi connectivity index (χ0) is 13.7. The Hall–Kier alpha value is -1.26. The van der Waals surface area contributed by atoms with Gasteiger partial charge in [0, 0.05) is 13.1 Å². The fourth-order valence-electron chi connectivity index (χ4n) is 2.30. The van der Waals surface area contributed by atoms with Crippen molar-refractivity contribution in [1.82, 2.24) is 10.2 Å². The highest BCUT2D eigenvalue weighted by Crippen LogP contribution is 2.23. The highest BCUT2D eigenvalue weighted by Gasteiger charge is 2.36. The Bertz CT molecular complexity index is 307. The van der Waals surface area contributed by atoms with E-state index in [0.717, 1.165) is 19.3 Å². The van der Waals surface area contributed by atoms with Gasteiger partial charge in [-0.3, -0.25) is 0 Å². The third-order valence-electron chi connectivity index (χ3n) is 3.75. The molecule has 0 spiro atoms. The number of amides is 2. The maximum Gasteiger partial charge on any atom is 0.326 e. The van der Waals surface area contributed by atoms with Crippen LogP contribution in [0.4, 0.5) is 4.79 Å². The van der Waals surface area contributed by atoms with Crippen LogP contribution in [0.3, 0.4) is 0 Å². The second-order valence-electron chi connectivity index (χ2n) is 5.30. The average Bonchev–Trinajstić information content (AvgIpc) is 2.34. The van der Waals surface area contributed by atoms with Gasteiger partial charge in [-0.15, -0.1) is 0 Å². The maximum atomic E-state index is 12.0. The molecule has 1 aliphatic heterocycles. The van der Waals surface area contributed by atoms with Crippen molar-refractivity contribution in [3.05, 3.63) is 0 Å². The molecule has 104 valence electrons. The summed E-state index contributed by atoms with van der Waals surface area (Å²) in [7, 11) is 0. The number of aliphatic carboxylic acids is 1. The third kappa shape index (κ3) is 3.62. The van der Waals surface area contributed by atoms with Crippen LogP contribution in [0, 0.1) is 11.8 Å². The molecule has 1 aliphatic rings. The van der Waals surface area contributed by atoms with E-state index >= 15 is 0 Å². The first-order valence-corrected chi connectivity index (χ1v) is 6.74. The van der Waals surface area contributed by atoms with E-state index in [1.165, 1.54) is 4.90 Å². The Morgan fingerprint density at radius 1 is 1.50 bits per heavy atom. The number of hydrogen-bond acceptors (Lipinski definition) is 2. The largest absolute Gasteiger partial charge is 0.480 e. The topological polar surface area (TPSA) is 69.6 Å². The van der Waals surface area contributed by atoms with Gasteiger partial charge in [-0.05, 0) is 24.7 Å². The zero-order valence-electron chi connectivity index (χ0n) is 11.5. The Morgan fingerprint density at radius 3 is 2.72 bits per heavy atom. The first-order valence-electron chi connectivity index (χ1n) is 6.74. The van der Waals surface area contributed by atoms with E-state index in [0.29, 0.717) is 19.0 Å². The van der Waals surface area contributed by atoms with Crippen LogP contribution in [0.2, 0.25) is 0 Å². The van der Waals surface area contributed by atoms with Gasteiger partial charge in [0.25, 0.3) is 0 Å². The standard InChI is InChI=1S/C13H24N2O3/c1-4-9(2)8-14-13(18)15-7-5-6-10(3)11(15)12(16)17/h9-11H,4-8H2,1-3H3,(H,14,18)(H,16,17). The van der Waals surface area contributed by atoms with E-state index in [9.17, 15) is 14.7 Å². The summed E-state index contributed by atoms with van der Waals surface area (Å²) in [6.45, 7) is 7.17. The van der Waals surface area contributed by atoms with E-state index in [2.05, 4.69) is 19.2 Å². The van der Waals surface area contributed by atoms with E-state index in [1.54, 1.807) is 0 Å². The highest BCUT2D eigenvalue weighted by atomic mass is 16.4. The predicted molar refractivity (Wildman–Crippen MR) is 69.4 cm³/mol. The summed E-state index contributed by atoms with van der Waals surface area (Å²) in [5, 5.41) is 12.1. The maximum absolute atomic E-state index is 12.0. The van der Waals surface area contributed by atoms with E-state index in [4.69, 9.17) is 0 Å². The number of nitrogens with zero attached hydrogens (tertiary/aromatic N) is 1. The summed E-state index contributed by atoms with van der Waals surface area (Å²) in [6, 6.07) is -0.926. The second kappa shape index (κ2) is 6.61. The smallest absolute Gasteiger partial charge is 0.326 e. The number of rotatable bonds is 4. The molecule has 0 radical (unpaired) electrons. The summed E-state index contributed by atoms with van der Waals surface area (Å²) in [5.41, 5.74) is 0. The molecule has 0 aromatic heterocycles. The molecule has 1 rings (SSSR count). The van der Waals surface area contributed by atoms with Crippen LogP contribution in [-0.4, -0.2) is 41.1 Å². The number of carbonyl (C=O) groups is 2. The van der Waals surface area contributed by atoms with Gasteiger partial charge in [0.15, 0.2) is 0 Å². The van der Waals surface area contributed by atoms with Gasteiger partial charge in [0.05, 0.1) is 0 Å². The third-order valence-corrected chi connectivity index (χ3v) is 3.75. The predicted octanol–water partition coefficient (Wildman–Crippen LogP) is 1.93.